The number of aliphatic hydroxyl groups is 1. The van der Waals surface area contributed by atoms with Crippen molar-refractivity contribution in [2.24, 2.45) is 4.99 Å². The van der Waals surface area contributed by atoms with Gasteiger partial charge in [-0.15, -0.1) is 0 Å². The van der Waals surface area contributed by atoms with Crippen LogP contribution in [-0.4, -0.2) is 30.7 Å². The van der Waals surface area contributed by atoms with E-state index in [2.05, 4.69) is 48.4 Å². The maximum absolute atomic E-state index is 10.6. The minimum Gasteiger partial charge on any atom is -0.386 e. The molecule has 4 heteroatoms. The van der Waals surface area contributed by atoms with Gasteiger partial charge in [0.25, 0.3) is 0 Å². The minimum absolute atomic E-state index is 0.0662. The first-order valence-corrected chi connectivity index (χ1v) is 13.3. The summed E-state index contributed by atoms with van der Waals surface area (Å²) in [7, 11) is 0. The smallest absolute Gasteiger partial charge is 0.150 e. The van der Waals surface area contributed by atoms with Crippen LogP contribution in [-0.2, 0) is 0 Å². The third-order valence-electron chi connectivity index (χ3n) is 5.56. The molecule has 0 fully saturated rings. The normalized spacial score (nSPS) is 11.9. The third kappa shape index (κ3) is 11.9. The second-order valence-electron chi connectivity index (χ2n) is 8.67. The molecule has 4 rings (SSSR count). The van der Waals surface area contributed by atoms with Crippen molar-refractivity contribution in [2.45, 2.75) is 38.8 Å². The number of nitrogens with zero attached hydrogens (tertiary/aromatic N) is 1. The van der Waals surface area contributed by atoms with Crippen LogP contribution in [0, 0.1) is 0 Å². The van der Waals surface area contributed by atoms with Crippen molar-refractivity contribution in [3.8, 4) is 0 Å². The van der Waals surface area contributed by atoms with E-state index < -0.39 is 6.10 Å². The van der Waals surface area contributed by atoms with Crippen molar-refractivity contribution in [1.29, 1.82) is 0 Å². The van der Waals surface area contributed by atoms with Crippen LogP contribution in [0.4, 0.5) is 0 Å². The highest BCUT2D eigenvalue weighted by Gasteiger charge is 2.21. The average molecular weight is 509 g/mol. The Bertz CT molecular complexity index is 1130. The lowest BCUT2D eigenvalue weighted by atomic mass is 9.96. The van der Waals surface area contributed by atoms with Gasteiger partial charge in [-0.25, -0.2) is 0 Å². The molecule has 0 aliphatic carbocycles. The number of aldehydes is 1. The van der Waals surface area contributed by atoms with E-state index >= 15 is 0 Å². The summed E-state index contributed by atoms with van der Waals surface area (Å²) < 4.78 is 0. The number of nitrogens with one attached hydrogen (secondary N) is 1. The summed E-state index contributed by atoms with van der Waals surface area (Å²) in [5.74, 6) is 0. The molecule has 0 heterocycles. The van der Waals surface area contributed by atoms with E-state index in [0.717, 1.165) is 48.9 Å². The fourth-order valence-corrected chi connectivity index (χ4v) is 3.58. The zero-order valence-corrected chi connectivity index (χ0v) is 22.5. The van der Waals surface area contributed by atoms with E-state index in [1.54, 1.807) is 12.1 Å². The Balaban J connectivity index is 0.000000224. The van der Waals surface area contributed by atoms with Crippen LogP contribution in [0.25, 0.3) is 0 Å². The molecule has 0 saturated heterocycles. The Morgan fingerprint density at radius 3 is 1.61 bits per heavy atom. The van der Waals surface area contributed by atoms with Crippen molar-refractivity contribution in [2.75, 3.05) is 13.1 Å². The van der Waals surface area contributed by atoms with Gasteiger partial charge in [0.05, 0.1) is 12.1 Å². The second-order valence-corrected chi connectivity index (χ2v) is 8.67. The number of carbonyl (C=O) groups excluding carboxylic acids is 1. The highest BCUT2D eigenvalue weighted by atomic mass is 16.3. The summed E-state index contributed by atoms with van der Waals surface area (Å²) >= 11 is 0. The van der Waals surface area contributed by atoms with Crippen molar-refractivity contribution >= 4 is 12.5 Å². The minimum atomic E-state index is -0.532. The van der Waals surface area contributed by atoms with Crippen LogP contribution in [0.15, 0.2) is 126 Å². The van der Waals surface area contributed by atoms with Crippen molar-refractivity contribution in [1.82, 2.24) is 5.32 Å². The van der Waals surface area contributed by atoms with Crippen molar-refractivity contribution < 1.29 is 9.90 Å². The Kier molecular flexibility index (Phi) is 15.4. The van der Waals surface area contributed by atoms with Gasteiger partial charge < -0.3 is 10.4 Å². The van der Waals surface area contributed by atoms with Gasteiger partial charge in [0.2, 0.25) is 0 Å². The topological polar surface area (TPSA) is 61.7 Å². The van der Waals surface area contributed by atoms with Crippen LogP contribution >= 0.6 is 0 Å². The molecule has 2 atom stereocenters. The first-order chi connectivity index (χ1) is 18.7. The van der Waals surface area contributed by atoms with Crippen molar-refractivity contribution in [3.05, 3.63) is 144 Å². The zero-order valence-electron chi connectivity index (χ0n) is 22.5. The summed E-state index contributed by atoms with van der Waals surface area (Å²) in [5.41, 5.74) is 3.97. The standard InChI is InChI=1S/C17H21NO.C10H13N.C7H6O/c1-2-13-18-16(14-9-5-3-6-10-14)17(19)15-11-7-4-8-12-15;1-2-8-11-9-10-6-4-3-5-7-10;8-6-7-4-2-1-3-5-7/h3-12,16-19H,2,13H2,1H3;3-7,9H,2,8H2,1H3;1-6H. The number of hydrogen-bond acceptors (Lipinski definition) is 4. The van der Waals surface area contributed by atoms with Gasteiger partial charge in [-0.2, -0.15) is 0 Å². The number of aliphatic imine (C=N–C) groups is 1. The average Bonchev–Trinajstić information content (AvgIpc) is 3.00. The van der Waals surface area contributed by atoms with E-state index in [1.807, 2.05) is 91.1 Å². The molecule has 38 heavy (non-hydrogen) atoms. The lowest BCUT2D eigenvalue weighted by Crippen LogP contribution is -2.27. The highest BCUT2D eigenvalue weighted by Crippen LogP contribution is 2.28. The Morgan fingerprint density at radius 2 is 1.16 bits per heavy atom. The fraction of sp³-hybridized carbons (Fsp3) is 0.235. The summed E-state index contributed by atoms with van der Waals surface area (Å²) in [6, 6.07) is 39.1. The second kappa shape index (κ2) is 19.3. The molecule has 0 aliphatic rings. The van der Waals surface area contributed by atoms with Crippen LogP contribution in [0.5, 0.6) is 0 Å². The van der Waals surface area contributed by atoms with Crippen LogP contribution in [0.2, 0.25) is 0 Å². The van der Waals surface area contributed by atoms with Gasteiger partial charge >= 0.3 is 0 Å². The molecule has 198 valence electrons. The van der Waals surface area contributed by atoms with Crippen LogP contribution < -0.4 is 5.32 Å². The number of rotatable bonds is 10. The molecule has 4 nitrogen and oxygen atoms in total. The fourth-order valence-electron chi connectivity index (χ4n) is 3.58. The molecule has 4 aromatic rings. The van der Waals surface area contributed by atoms with Gasteiger partial charge in [0.15, 0.2) is 0 Å². The van der Waals surface area contributed by atoms with Gasteiger partial charge in [0.1, 0.15) is 6.29 Å². The van der Waals surface area contributed by atoms with E-state index in [-0.39, 0.29) is 6.04 Å². The maximum Gasteiger partial charge on any atom is 0.150 e. The SMILES string of the molecule is CCCN=Cc1ccccc1.CCCNC(c1ccccc1)C(O)c1ccccc1.O=Cc1ccccc1. The molecule has 4 aromatic carbocycles. The summed E-state index contributed by atoms with van der Waals surface area (Å²) in [5, 5.41) is 14.0. The molecule has 0 radical (unpaired) electrons. The molecule has 0 bridgehead atoms. The quantitative estimate of drug-likeness (QED) is 0.172. The molecular weight excluding hydrogens is 468 g/mol. The number of benzene rings is 4. The summed E-state index contributed by atoms with van der Waals surface area (Å²) in [6.45, 7) is 6.07. The van der Waals surface area contributed by atoms with Gasteiger partial charge in [0, 0.05) is 18.3 Å². The monoisotopic (exact) mass is 508 g/mol. The van der Waals surface area contributed by atoms with E-state index in [9.17, 15) is 9.90 Å². The molecule has 0 saturated carbocycles. The molecule has 0 aliphatic heterocycles. The molecule has 0 amide bonds. The molecule has 0 aromatic heterocycles. The van der Waals surface area contributed by atoms with Gasteiger partial charge in [-0.3, -0.25) is 9.79 Å². The van der Waals surface area contributed by atoms with E-state index in [0.29, 0.717) is 0 Å². The molecule has 2 unspecified atom stereocenters. The maximum atomic E-state index is 10.6. The molecule has 2 N–H and O–H groups in total. The predicted molar refractivity (Wildman–Crippen MR) is 160 cm³/mol. The lowest BCUT2D eigenvalue weighted by Gasteiger charge is -2.25. The summed E-state index contributed by atoms with van der Waals surface area (Å²) in [4.78, 5) is 14.2. The Labute approximate surface area is 228 Å². The predicted octanol–water partition coefficient (Wildman–Crippen LogP) is 7.48. The first-order valence-electron chi connectivity index (χ1n) is 13.3. The van der Waals surface area contributed by atoms with Crippen LogP contribution in [0.1, 0.15) is 65.9 Å². The van der Waals surface area contributed by atoms with Crippen molar-refractivity contribution in [3.63, 3.8) is 0 Å². The van der Waals surface area contributed by atoms with Crippen LogP contribution in [0.3, 0.4) is 0 Å². The molecule has 0 spiro atoms. The largest absolute Gasteiger partial charge is 0.386 e. The Morgan fingerprint density at radius 1 is 0.684 bits per heavy atom. The number of hydrogen-bond donors (Lipinski definition) is 2. The summed E-state index contributed by atoms with van der Waals surface area (Å²) in [6.07, 6.45) is 4.38. The van der Waals surface area contributed by atoms with E-state index in [1.165, 1.54) is 5.56 Å². The van der Waals surface area contributed by atoms with Gasteiger partial charge in [-0.05, 0) is 36.1 Å². The highest BCUT2D eigenvalue weighted by molar-refractivity contribution is 5.79. The van der Waals surface area contributed by atoms with E-state index in [4.69, 9.17) is 0 Å². The number of carbonyl (C=O) groups is 1. The number of aliphatic hydroxyl groups excluding tert-OH is 1. The Hall–Kier alpha value is -3.86. The molecular formula is C34H40N2O2. The lowest BCUT2D eigenvalue weighted by molar-refractivity contribution is 0.112. The van der Waals surface area contributed by atoms with Gasteiger partial charge in [-0.1, -0.05) is 135 Å². The third-order valence-corrected chi connectivity index (χ3v) is 5.56. The first kappa shape index (κ1) is 30.4. The zero-order chi connectivity index (χ0) is 27.3.